The van der Waals surface area contributed by atoms with Crippen LogP contribution in [0.5, 0.6) is 0 Å². The summed E-state index contributed by atoms with van der Waals surface area (Å²) < 4.78 is 101. The highest BCUT2D eigenvalue weighted by Crippen LogP contribution is 2.39. The number of rotatable bonds is 20. The third-order valence-corrected chi connectivity index (χ3v) is 14.0. The van der Waals surface area contributed by atoms with Crippen molar-refractivity contribution in [2.45, 2.75) is 86.5 Å². The van der Waals surface area contributed by atoms with Gasteiger partial charge in [0.1, 0.15) is 0 Å². The van der Waals surface area contributed by atoms with Crippen LogP contribution in [0.3, 0.4) is 0 Å². The number of carbonyl (C=O) groups is 3. The molecule has 364 valence electrons. The minimum atomic E-state index is -4.31. The van der Waals surface area contributed by atoms with E-state index in [1.807, 2.05) is 33.8 Å². The summed E-state index contributed by atoms with van der Waals surface area (Å²) in [4.78, 5) is 59.6. The van der Waals surface area contributed by atoms with Crippen molar-refractivity contribution >= 4 is 83.1 Å². The zero-order valence-corrected chi connectivity index (χ0v) is 40.9. The van der Waals surface area contributed by atoms with Gasteiger partial charge in [-0.2, -0.15) is 25.3 Å². The Hall–Kier alpha value is -5.59. The number of aromatic nitrogens is 1. The normalized spacial score (nSPS) is 16.9. The highest BCUT2D eigenvalue weighted by atomic mass is 32.2. The first kappa shape index (κ1) is 52.4. The number of ether oxygens (including phenoxy) is 1. The number of H-pyrrole nitrogens is 1. The number of amides is 2. The van der Waals surface area contributed by atoms with Gasteiger partial charge < -0.3 is 25.7 Å². The lowest BCUT2D eigenvalue weighted by Gasteiger charge is -2.16. The monoisotopic (exact) mass is 987 g/mol. The highest BCUT2D eigenvalue weighted by molar-refractivity contribution is 7.86. The maximum absolute atomic E-state index is 14.3. The molecular weight excluding hydrogens is 931 g/mol. The van der Waals surface area contributed by atoms with E-state index in [0.29, 0.717) is 62.7 Å². The largest absolute Gasteiger partial charge is 0.469 e. The molecule has 0 aliphatic carbocycles. The van der Waals surface area contributed by atoms with Crippen molar-refractivity contribution in [3.05, 3.63) is 84.0 Å². The van der Waals surface area contributed by atoms with E-state index < -0.39 is 71.8 Å². The van der Waals surface area contributed by atoms with Crippen molar-refractivity contribution in [3.63, 3.8) is 0 Å². The van der Waals surface area contributed by atoms with Gasteiger partial charge in [0.25, 0.3) is 36.3 Å². The smallest absolute Gasteiger partial charge is 0.310 e. The molecule has 5 rings (SSSR count). The number of nitrogens with zero attached hydrogens (tertiary/aromatic N) is 3. The highest BCUT2D eigenvalue weighted by Gasteiger charge is 2.35. The van der Waals surface area contributed by atoms with Gasteiger partial charge in [-0.3, -0.25) is 28.0 Å². The van der Waals surface area contributed by atoms with E-state index >= 15 is 0 Å². The lowest BCUT2D eigenvalue weighted by atomic mass is 9.90. The van der Waals surface area contributed by atoms with E-state index in [1.165, 1.54) is 7.11 Å². The van der Waals surface area contributed by atoms with Gasteiger partial charge in [-0.25, -0.2) is 15.0 Å². The summed E-state index contributed by atoms with van der Waals surface area (Å²) in [7, 11) is -11.5. The van der Waals surface area contributed by atoms with Crippen LogP contribution in [0.1, 0.15) is 90.8 Å². The summed E-state index contributed by atoms with van der Waals surface area (Å²) in [5, 5.41) is 10.1. The second-order valence-corrected chi connectivity index (χ2v) is 21.0. The number of hydrogen-bond acceptors (Lipinski definition) is 14. The first-order chi connectivity index (χ1) is 31.3. The minimum Gasteiger partial charge on any atom is -0.469 e. The molecule has 23 heteroatoms. The molecule has 0 fully saturated rings. The molecule has 4 aliphatic heterocycles. The van der Waals surface area contributed by atoms with Gasteiger partial charge in [0.15, 0.2) is 0 Å². The van der Waals surface area contributed by atoms with Crippen molar-refractivity contribution < 1.29 is 58.0 Å². The quantitative estimate of drug-likeness (QED) is 0.0561. The van der Waals surface area contributed by atoms with Gasteiger partial charge in [0.2, 0.25) is 5.91 Å². The molecule has 7 N–H and O–H groups in total. The fourth-order valence-corrected chi connectivity index (χ4v) is 9.61. The Bertz CT molecular complexity index is 3040. The van der Waals surface area contributed by atoms with Crippen LogP contribution in [0.4, 0.5) is 0 Å². The molecule has 8 bridgehead atoms. The second kappa shape index (κ2) is 21.6. The summed E-state index contributed by atoms with van der Waals surface area (Å²) in [5.41, 5.74) is 7.95. The molecule has 5 heterocycles. The predicted molar refractivity (Wildman–Crippen MR) is 255 cm³/mol. The molecule has 0 unspecified atom stereocenters. The molecule has 1 aromatic heterocycles. The van der Waals surface area contributed by atoms with E-state index in [2.05, 4.69) is 20.9 Å². The third-order valence-electron chi connectivity index (χ3n) is 11.5. The van der Waals surface area contributed by atoms with Gasteiger partial charge in [0, 0.05) is 48.2 Å². The summed E-state index contributed by atoms with van der Waals surface area (Å²) in [6.45, 7) is 11.2. The number of allylic oxidation sites excluding steroid dienone is 6. The Kier molecular flexibility index (Phi) is 16.9. The first-order valence-corrected chi connectivity index (χ1v) is 26.3. The van der Waals surface area contributed by atoms with E-state index in [0.717, 1.165) is 21.9 Å². The maximum Gasteiger partial charge on any atom is 0.310 e. The van der Waals surface area contributed by atoms with E-state index in [1.54, 1.807) is 26.0 Å². The average Bonchev–Trinajstić information content (AvgIpc) is 3.92. The van der Waals surface area contributed by atoms with Crippen LogP contribution in [-0.4, -0.2) is 123 Å². The standard InChI is InChI=1S/C44H57N7O13S3/c1-8-29-24(2)32-23-37-40(28(6)45-14-9-17-65(55,56)57)26(4)34(49-37)21-33-25(3)30(12-13-38(52)46-15-10-18-66(58,59)60)42(50-33)31(20-39(53)64-7)43-41(27(5)35(51-43)22-36(29)48-32)44(54)47-16-11-19-67(61,62)63/h21-23,45,49H,8-20H2,1-7H3,(H,46,52)(H,47,54)(H,55,56,57)(H,58,59,60)(H,61,62,63)/b33-21?,36-22?,37-23?,40-28-,43-31?. The first-order valence-electron chi connectivity index (χ1n) is 21.5. The molecule has 67 heavy (non-hydrogen) atoms. The fourth-order valence-electron chi connectivity index (χ4n) is 8.08. The number of aliphatic imine (C=N–C) groups is 3. The number of hydrogen-bond donors (Lipinski definition) is 7. The van der Waals surface area contributed by atoms with Crippen molar-refractivity contribution in [1.82, 2.24) is 20.9 Å². The van der Waals surface area contributed by atoms with Crippen LogP contribution in [0.2, 0.25) is 0 Å². The predicted octanol–water partition coefficient (Wildman–Crippen LogP) is 2.45. The third kappa shape index (κ3) is 13.5. The Labute approximate surface area is 390 Å². The lowest BCUT2D eigenvalue weighted by Crippen LogP contribution is -2.32. The molecule has 1 aromatic rings. The zero-order chi connectivity index (χ0) is 49.6. The molecule has 2 amide bonds. The van der Waals surface area contributed by atoms with Gasteiger partial charge in [-0.1, -0.05) is 6.92 Å². The molecular formula is C44H57N7O13S3. The Morgan fingerprint density at radius 1 is 0.701 bits per heavy atom. The molecule has 0 radical (unpaired) electrons. The number of nitrogens with one attached hydrogen (secondary N) is 4. The summed E-state index contributed by atoms with van der Waals surface area (Å²) in [6.07, 6.45) is 5.55. The Morgan fingerprint density at radius 2 is 1.28 bits per heavy atom. The second-order valence-electron chi connectivity index (χ2n) is 16.3. The van der Waals surface area contributed by atoms with Gasteiger partial charge >= 0.3 is 5.97 Å². The molecule has 0 saturated carbocycles. The van der Waals surface area contributed by atoms with Crippen LogP contribution >= 0.6 is 0 Å². The van der Waals surface area contributed by atoms with E-state index in [4.69, 9.17) is 24.3 Å². The van der Waals surface area contributed by atoms with Crippen molar-refractivity contribution in [2.75, 3.05) is 44.0 Å². The number of aromatic amines is 1. The molecule has 4 aliphatic rings. The van der Waals surface area contributed by atoms with E-state index in [9.17, 15) is 48.7 Å². The summed E-state index contributed by atoms with van der Waals surface area (Å²) in [6, 6.07) is 0. The van der Waals surface area contributed by atoms with Crippen LogP contribution < -0.4 is 26.5 Å². The number of fused-ring (bicyclic) bond motifs is 5. The molecule has 0 spiro atoms. The molecule has 0 aromatic carbocycles. The topological polar surface area (TPSA) is 313 Å². The van der Waals surface area contributed by atoms with Crippen LogP contribution in [0.25, 0.3) is 17.8 Å². The van der Waals surface area contributed by atoms with Crippen LogP contribution in [-0.2, 0) is 49.5 Å². The van der Waals surface area contributed by atoms with Crippen molar-refractivity contribution in [3.8, 4) is 0 Å². The Balaban J connectivity index is 1.79. The van der Waals surface area contributed by atoms with Crippen molar-refractivity contribution in [1.29, 1.82) is 0 Å². The van der Waals surface area contributed by atoms with Crippen molar-refractivity contribution in [2.24, 2.45) is 15.0 Å². The number of carbonyl (C=O) groups excluding carboxylic acids is 3. The number of esters is 1. The summed E-state index contributed by atoms with van der Waals surface area (Å²) in [5.74, 6) is -3.35. The SMILES string of the molecule is CCC1=C(C)C2=NC1=CC1=NC(=C(CC(=O)OC)C3=NC(=Cc4[nH]c(/c(=C(/C)NCCCS(=O)(=O)O)c4C)=C2)C(C)=C3CCC(=O)NCCCS(=O)(=O)O)C(C(=O)NCCCS(=O)(=O)O)=C1C. The molecule has 0 saturated heterocycles. The number of methoxy groups -OCH3 is 1. The van der Waals surface area contributed by atoms with Gasteiger partial charge in [-0.15, -0.1) is 0 Å². The summed E-state index contributed by atoms with van der Waals surface area (Å²) >= 11 is 0. The Morgan fingerprint density at radius 3 is 1.87 bits per heavy atom. The maximum atomic E-state index is 14.3. The van der Waals surface area contributed by atoms with E-state index in [-0.39, 0.29) is 74.3 Å². The minimum absolute atomic E-state index is 0.0281. The van der Waals surface area contributed by atoms with Gasteiger partial charge in [0.05, 0.1) is 75.9 Å². The van der Waals surface area contributed by atoms with Crippen LogP contribution in [0, 0.1) is 6.92 Å². The van der Waals surface area contributed by atoms with Gasteiger partial charge in [-0.05, 0) is 118 Å². The average molecular weight is 988 g/mol. The zero-order valence-electron chi connectivity index (χ0n) is 38.4. The molecule has 0 atom stereocenters. The lowest BCUT2D eigenvalue weighted by molar-refractivity contribution is -0.139. The fraction of sp³-hybridized carbons (Fsp3) is 0.455. The van der Waals surface area contributed by atoms with Crippen LogP contribution in [0.15, 0.2) is 77.2 Å². The molecule has 20 nitrogen and oxygen atoms in total.